The molecule has 0 saturated heterocycles. The van der Waals surface area contributed by atoms with Gasteiger partial charge in [-0.3, -0.25) is 9.59 Å². The SMILES string of the molecule is C[C@H](NC(=O)c1cc(NC(=O)c2ccccc2)cc2ncn(C3CCCC3)c12)c1nccs1. The highest BCUT2D eigenvalue weighted by molar-refractivity contribution is 7.09. The van der Waals surface area contributed by atoms with E-state index in [9.17, 15) is 9.59 Å². The molecule has 1 atom stereocenters. The number of nitrogens with zero attached hydrogens (tertiary/aromatic N) is 3. The smallest absolute Gasteiger partial charge is 0.255 e. The molecule has 5 rings (SSSR count). The molecule has 2 aromatic heterocycles. The van der Waals surface area contributed by atoms with Crippen molar-refractivity contribution in [2.24, 2.45) is 0 Å². The number of fused-ring (bicyclic) bond motifs is 1. The first-order chi connectivity index (χ1) is 16.1. The van der Waals surface area contributed by atoms with Gasteiger partial charge in [0.1, 0.15) is 5.01 Å². The van der Waals surface area contributed by atoms with Gasteiger partial charge in [0.15, 0.2) is 0 Å². The van der Waals surface area contributed by atoms with Crippen LogP contribution in [0.3, 0.4) is 0 Å². The van der Waals surface area contributed by atoms with E-state index in [0.29, 0.717) is 28.4 Å². The Morgan fingerprint density at radius 2 is 1.88 bits per heavy atom. The molecule has 0 bridgehead atoms. The van der Waals surface area contributed by atoms with Crippen LogP contribution in [0.4, 0.5) is 5.69 Å². The van der Waals surface area contributed by atoms with E-state index in [2.05, 4.69) is 25.2 Å². The number of hydrogen-bond donors (Lipinski definition) is 2. The van der Waals surface area contributed by atoms with Crippen molar-refractivity contribution >= 4 is 39.9 Å². The summed E-state index contributed by atoms with van der Waals surface area (Å²) in [5.74, 6) is -0.439. The van der Waals surface area contributed by atoms with Crippen molar-refractivity contribution in [3.8, 4) is 0 Å². The van der Waals surface area contributed by atoms with E-state index in [0.717, 1.165) is 23.4 Å². The second-order valence-corrected chi connectivity index (χ2v) is 9.29. The summed E-state index contributed by atoms with van der Waals surface area (Å²) in [4.78, 5) is 35.1. The zero-order valence-electron chi connectivity index (χ0n) is 18.3. The Balaban J connectivity index is 1.52. The van der Waals surface area contributed by atoms with Gasteiger partial charge in [-0.1, -0.05) is 31.0 Å². The largest absolute Gasteiger partial charge is 0.343 e. The fraction of sp³-hybridized carbons (Fsp3) is 0.280. The zero-order valence-corrected chi connectivity index (χ0v) is 19.1. The van der Waals surface area contributed by atoms with Gasteiger partial charge in [-0.2, -0.15) is 0 Å². The van der Waals surface area contributed by atoms with E-state index in [1.54, 1.807) is 24.4 Å². The lowest BCUT2D eigenvalue weighted by Crippen LogP contribution is -2.27. The third-order valence-corrected chi connectivity index (χ3v) is 7.05. The van der Waals surface area contributed by atoms with Crippen LogP contribution in [-0.4, -0.2) is 26.3 Å². The topological polar surface area (TPSA) is 88.9 Å². The molecular weight excluding hydrogens is 434 g/mol. The Hall–Kier alpha value is -3.52. The maximum Gasteiger partial charge on any atom is 0.255 e. The summed E-state index contributed by atoms with van der Waals surface area (Å²) in [5.41, 5.74) is 3.10. The molecule has 1 aliphatic carbocycles. The van der Waals surface area contributed by atoms with E-state index < -0.39 is 0 Å². The summed E-state index contributed by atoms with van der Waals surface area (Å²) in [5, 5.41) is 8.73. The Morgan fingerprint density at radius 3 is 2.61 bits per heavy atom. The Bertz CT molecular complexity index is 1280. The van der Waals surface area contributed by atoms with Gasteiger partial charge in [0, 0.05) is 28.9 Å². The molecule has 33 heavy (non-hydrogen) atoms. The third kappa shape index (κ3) is 4.39. The van der Waals surface area contributed by atoms with Gasteiger partial charge < -0.3 is 15.2 Å². The quantitative estimate of drug-likeness (QED) is 0.407. The van der Waals surface area contributed by atoms with E-state index in [4.69, 9.17) is 0 Å². The molecule has 168 valence electrons. The number of hydrogen-bond acceptors (Lipinski definition) is 5. The van der Waals surface area contributed by atoms with Crippen LogP contribution in [0.5, 0.6) is 0 Å². The van der Waals surface area contributed by atoms with Crippen LogP contribution >= 0.6 is 11.3 Å². The molecule has 1 saturated carbocycles. The second-order valence-electron chi connectivity index (χ2n) is 8.37. The lowest BCUT2D eigenvalue weighted by molar-refractivity contribution is 0.0939. The van der Waals surface area contributed by atoms with Crippen molar-refractivity contribution in [3.63, 3.8) is 0 Å². The van der Waals surface area contributed by atoms with Gasteiger partial charge in [-0.05, 0) is 44.0 Å². The van der Waals surface area contributed by atoms with E-state index in [1.807, 2.05) is 42.9 Å². The number of aromatic nitrogens is 3. The van der Waals surface area contributed by atoms with Gasteiger partial charge in [0.2, 0.25) is 0 Å². The zero-order chi connectivity index (χ0) is 22.8. The maximum absolute atomic E-state index is 13.4. The van der Waals surface area contributed by atoms with Crippen LogP contribution in [0, 0.1) is 0 Å². The van der Waals surface area contributed by atoms with Crippen molar-refractivity contribution in [1.82, 2.24) is 19.9 Å². The molecule has 0 aliphatic heterocycles. The summed E-state index contributed by atoms with van der Waals surface area (Å²) in [7, 11) is 0. The lowest BCUT2D eigenvalue weighted by Gasteiger charge is -2.17. The monoisotopic (exact) mass is 459 g/mol. The summed E-state index contributed by atoms with van der Waals surface area (Å²) in [6, 6.07) is 12.7. The fourth-order valence-corrected chi connectivity index (χ4v) is 5.10. The lowest BCUT2D eigenvalue weighted by atomic mass is 10.1. The van der Waals surface area contributed by atoms with Crippen LogP contribution < -0.4 is 10.6 Å². The van der Waals surface area contributed by atoms with Crippen LogP contribution in [0.25, 0.3) is 11.0 Å². The maximum atomic E-state index is 13.4. The number of thiazole rings is 1. The van der Waals surface area contributed by atoms with Crippen LogP contribution in [0.2, 0.25) is 0 Å². The average Bonchev–Trinajstić information content (AvgIpc) is 3.60. The van der Waals surface area contributed by atoms with E-state index in [1.165, 1.54) is 24.2 Å². The molecule has 0 unspecified atom stereocenters. The molecule has 2 heterocycles. The normalized spacial score (nSPS) is 14.9. The first-order valence-corrected chi connectivity index (χ1v) is 12.1. The van der Waals surface area contributed by atoms with E-state index in [-0.39, 0.29) is 17.9 Å². The summed E-state index contributed by atoms with van der Waals surface area (Å²) in [6.07, 6.45) is 8.07. The molecule has 1 fully saturated rings. The molecular formula is C25H25N5O2S. The molecule has 2 aromatic carbocycles. The summed E-state index contributed by atoms with van der Waals surface area (Å²) in [6.45, 7) is 1.92. The Morgan fingerprint density at radius 1 is 1.09 bits per heavy atom. The highest BCUT2D eigenvalue weighted by atomic mass is 32.1. The number of benzene rings is 2. The second kappa shape index (κ2) is 9.15. The number of carbonyl (C=O) groups excluding carboxylic acids is 2. The predicted octanol–water partition coefficient (Wildman–Crippen LogP) is 5.35. The molecule has 0 radical (unpaired) electrons. The van der Waals surface area contributed by atoms with Crippen molar-refractivity contribution in [3.05, 3.63) is 76.5 Å². The highest BCUT2D eigenvalue weighted by Crippen LogP contribution is 2.34. The predicted molar refractivity (Wildman–Crippen MR) is 130 cm³/mol. The van der Waals surface area contributed by atoms with Crippen molar-refractivity contribution < 1.29 is 9.59 Å². The number of carbonyl (C=O) groups is 2. The van der Waals surface area contributed by atoms with E-state index >= 15 is 0 Å². The fourth-order valence-electron chi connectivity index (χ4n) is 4.45. The third-order valence-electron chi connectivity index (χ3n) is 6.10. The molecule has 7 nitrogen and oxygen atoms in total. The van der Waals surface area contributed by atoms with Gasteiger partial charge in [0.25, 0.3) is 11.8 Å². The van der Waals surface area contributed by atoms with Crippen LogP contribution in [-0.2, 0) is 0 Å². The Labute approximate surface area is 195 Å². The van der Waals surface area contributed by atoms with Gasteiger partial charge in [-0.25, -0.2) is 9.97 Å². The van der Waals surface area contributed by atoms with Crippen molar-refractivity contribution in [2.75, 3.05) is 5.32 Å². The number of nitrogens with one attached hydrogen (secondary N) is 2. The molecule has 4 aromatic rings. The summed E-state index contributed by atoms with van der Waals surface area (Å²) >= 11 is 1.51. The van der Waals surface area contributed by atoms with Gasteiger partial charge in [0.05, 0.1) is 29.0 Å². The molecule has 0 spiro atoms. The first-order valence-electron chi connectivity index (χ1n) is 11.2. The molecule has 8 heteroatoms. The number of anilines is 1. The first kappa shape index (κ1) is 21.3. The molecule has 2 N–H and O–H groups in total. The van der Waals surface area contributed by atoms with Crippen LogP contribution in [0.1, 0.15) is 70.4 Å². The minimum atomic E-state index is -0.229. The average molecular weight is 460 g/mol. The van der Waals surface area contributed by atoms with Crippen molar-refractivity contribution in [1.29, 1.82) is 0 Å². The van der Waals surface area contributed by atoms with Gasteiger partial charge in [-0.15, -0.1) is 11.3 Å². The number of imidazole rings is 1. The minimum absolute atomic E-state index is 0.210. The standard InChI is InChI=1S/C25H25N5O2S/c1-16(25-26-11-12-33-25)28-24(32)20-13-18(29-23(31)17-7-3-2-4-8-17)14-21-22(20)30(15-27-21)19-9-5-6-10-19/h2-4,7-8,11-16,19H,5-6,9-10H2,1H3,(H,28,32)(H,29,31)/t16-/m0/s1. The number of rotatable bonds is 6. The highest BCUT2D eigenvalue weighted by Gasteiger charge is 2.24. The number of amides is 2. The Kier molecular flexibility index (Phi) is 5.92. The van der Waals surface area contributed by atoms with Crippen LogP contribution in [0.15, 0.2) is 60.4 Å². The summed E-state index contributed by atoms with van der Waals surface area (Å²) < 4.78 is 2.13. The molecule has 2 amide bonds. The van der Waals surface area contributed by atoms with Crippen molar-refractivity contribution in [2.45, 2.75) is 44.7 Å². The minimum Gasteiger partial charge on any atom is -0.343 e. The van der Waals surface area contributed by atoms with Gasteiger partial charge >= 0.3 is 0 Å². The molecule has 1 aliphatic rings.